The van der Waals surface area contributed by atoms with E-state index in [2.05, 4.69) is 49.9 Å². The van der Waals surface area contributed by atoms with E-state index in [4.69, 9.17) is 11.6 Å². The van der Waals surface area contributed by atoms with Gasteiger partial charge in [-0.3, -0.25) is 19.6 Å². The van der Waals surface area contributed by atoms with E-state index < -0.39 is 0 Å². The van der Waals surface area contributed by atoms with Gasteiger partial charge >= 0.3 is 0 Å². The van der Waals surface area contributed by atoms with Crippen molar-refractivity contribution in [1.82, 2.24) is 30.3 Å². The van der Waals surface area contributed by atoms with Gasteiger partial charge in [0, 0.05) is 35.2 Å². The first-order chi connectivity index (χ1) is 16.1. The molecule has 33 heavy (non-hydrogen) atoms. The van der Waals surface area contributed by atoms with Gasteiger partial charge in [0.1, 0.15) is 0 Å². The SMILES string of the molecule is O=C(NCc1n[nH]c2ccc(Cl)cc12)c1cncc(Cc2ccc(Cn3cccn3)cc2)c1. The summed E-state index contributed by atoms with van der Waals surface area (Å²) in [6.07, 6.45) is 7.78. The first-order valence-corrected chi connectivity index (χ1v) is 10.9. The fourth-order valence-corrected chi connectivity index (χ4v) is 3.90. The number of amides is 1. The van der Waals surface area contributed by atoms with Crippen LogP contribution in [0, 0.1) is 0 Å². The summed E-state index contributed by atoms with van der Waals surface area (Å²) in [5.41, 5.74) is 5.43. The minimum Gasteiger partial charge on any atom is -0.346 e. The Morgan fingerprint density at radius 2 is 1.88 bits per heavy atom. The molecule has 5 aromatic rings. The highest BCUT2D eigenvalue weighted by molar-refractivity contribution is 6.31. The maximum Gasteiger partial charge on any atom is 0.253 e. The Kier molecular flexibility index (Phi) is 5.87. The summed E-state index contributed by atoms with van der Waals surface area (Å²) < 4.78 is 1.89. The highest BCUT2D eigenvalue weighted by atomic mass is 35.5. The third-order valence-electron chi connectivity index (χ3n) is 5.41. The van der Waals surface area contributed by atoms with Crippen LogP contribution in [0.5, 0.6) is 0 Å². The molecule has 0 spiro atoms. The van der Waals surface area contributed by atoms with Crippen LogP contribution in [0.3, 0.4) is 0 Å². The summed E-state index contributed by atoms with van der Waals surface area (Å²) >= 11 is 6.09. The van der Waals surface area contributed by atoms with Crippen molar-refractivity contribution in [2.45, 2.75) is 19.5 Å². The monoisotopic (exact) mass is 456 g/mol. The number of hydrogen-bond acceptors (Lipinski definition) is 4. The van der Waals surface area contributed by atoms with Gasteiger partial charge in [-0.1, -0.05) is 35.9 Å². The van der Waals surface area contributed by atoms with Gasteiger partial charge in [0.25, 0.3) is 5.91 Å². The molecule has 8 heteroatoms. The smallest absolute Gasteiger partial charge is 0.253 e. The first kappa shape index (κ1) is 20.9. The third kappa shape index (κ3) is 4.94. The van der Waals surface area contributed by atoms with Gasteiger partial charge in [0.2, 0.25) is 0 Å². The summed E-state index contributed by atoms with van der Waals surface area (Å²) in [5.74, 6) is -0.197. The van der Waals surface area contributed by atoms with Crippen LogP contribution in [-0.2, 0) is 19.5 Å². The van der Waals surface area contributed by atoms with Crippen molar-refractivity contribution >= 4 is 28.4 Å². The summed E-state index contributed by atoms with van der Waals surface area (Å²) in [7, 11) is 0. The second-order valence-electron chi connectivity index (χ2n) is 7.82. The zero-order valence-electron chi connectivity index (χ0n) is 17.7. The minimum absolute atomic E-state index is 0.197. The van der Waals surface area contributed by atoms with E-state index in [1.807, 2.05) is 35.1 Å². The Hall–Kier alpha value is -3.97. The molecule has 0 aliphatic carbocycles. The zero-order valence-corrected chi connectivity index (χ0v) is 18.5. The number of nitrogens with zero attached hydrogens (tertiary/aromatic N) is 4. The standard InChI is InChI=1S/C25H21ClN6O/c26-21-6-7-23-22(12-21)24(31-30-23)15-28-25(33)20-11-19(13-27-14-20)10-17-2-4-18(5-3-17)16-32-9-1-8-29-32/h1-9,11-14H,10,15-16H2,(H,28,33)(H,30,31). The molecule has 0 saturated carbocycles. The Morgan fingerprint density at radius 1 is 1.03 bits per heavy atom. The number of halogens is 1. The van der Waals surface area contributed by atoms with E-state index in [1.165, 1.54) is 5.56 Å². The highest BCUT2D eigenvalue weighted by Gasteiger charge is 2.11. The van der Waals surface area contributed by atoms with Crippen LogP contribution < -0.4 is 5.32 Å². The van der Waals surface area contributed by atoms with Crippen LogP contribution in [0.25, 0.3) is 10.9 Å². The fourth-order valence-electron chi connectivity index (χ4n) is 3.73. The largest absolute Gasteiger partial charge is 0.346 e. The number of carbonyl (C=O) groups excluding carboxylic acids is 1. The van der Waals surface area contributed by atoms with Gasteiger partial charge in [0.15, 0.2) is 0 Å². The number of H-pyrrole nitrogens is 1. The number of pyridine rings is 1. The van der Waals surface area contributed by atoms with Gasteiger partial charge in [-0.05, 0) is 53.4 Å². The first-order valence-electron chi connectivity index (χ1n) is 10.5. The third-order valence-corrected chi connectivity index (χ3v) is 5.65. The second-order valence-corrected chi connectivity index (χ2v) is 8.26. The lowest BCUT2D eigenvalue weighted by Crippen LogP contribution is -2.23. The topological polar surface area (TPSA) is 88.5 Å². The Morgan fingerprint density at radius 3 is 2.70 bits per heavy atom. The van der Waals surface area contributed by atoms with Gasteiger partial charge in [-0.2, -0.15) is 10.2 Å². The van der Waals surface area contributed by atoms with Crippen molar-refractivity contribution in [3.05, 3.63) is 112 Å². The number of hydrogen-bond donors (Lipinski definition) is 2. The highest BCUT2D eigenvalue weighted by Crippen LogP contribution is 2.20. The molecule has 2 N–H and O–H groups in total. The number of aromatic amines is 1. The number of rotatable bonds is 7. The van der Waals surface area contributed by atoms with E-state index in [1.54, 1.807) is 24.7 Å². The van der Waals surface area contributed by atoms with Crippen molar-refractivity contribution in [2.75, 3.05) is 0 Å². The quantitative estimate of drug-likeness (QED) is 0.380. The number of aromatic nitrogens is 5. The van der Waals surface area contributed by atoms with Gasteiger partial charge in [-0.25, -0.2) is 0 Å². The van der Waals surface area contributed by atoms with Crippen LogP contribution >= 0.6 is 11.6 Å². The minimum atomic E-state index is -0.197. The average Bonchev–Trinajstić information content (AvgIpc) is 3.48. The van der Waals surface area contributed by atoms with E-state index in [9.17, 15) is 4.79 Å². The maximum atomic E-state index is 12.7. The molecule has 1 amide bonds. The lowest BCUT2D eigenvalue weighted by molar-refractivity contribution is 0.0950. The summed E-state index contributed by atoms with van der Waals surface area (Å²) in [6.45, 7) is 1.03. The molecule has 0 fully saturated rings. The van der Waals surface area contributed by atoms with Gasteiger partial charge in [0.05, 0.1) is 29.9 Å². The molecule has 5 rings (SSSR count). The van der Waals surface area contributed by atoms with Crippen LogP contribution in [-0.4, -0.2) is 30.9 Å². The Labute approximate surface area is 195 Å². The number of benzene rings is 2. The van der Waals surface area contributed by atoms with Crippen molar-refractivity contribution in [3.8, 4) is 0 Å². The molecule has 7 nitrogen and oxygen atoms in total. The molecule has 0 bridgehead atoms. The second kappa shape index (κ2) is 9.26. The van der Waals surface area contributed by atoms with E-state index in [0.29, 0.717) is 23.6 Å². The predicted octanol–water partition coefficient (Wildman–Crippen LogP) is 4.38. The normalized spacial score (nSPS) is 11.1. The molecule has 2 aromatic carbocycles. The predicted molar refractivity (Wildman–Crippen MR) is 127 cm³/mol. The van der Waals surface area contributed by atoms with Crippen molar-refractivity contribution < 1.29 is 4.79 Å². The molecule has 0 atom stereocenters. The lowest BCUT2D eigenvalue weighted by atomic mass is 10.0. The molecular formula is C25H21ClN6O. The molecule has 0 aliphatic rings. The lowest BCUT2D eigenvalue weighted by Gasteiger charge is -2.07. The number of nitrogens with one attached hydrogen (secondary N) is 2. The molecule has 164 valence electrons. The zero-order chi connectivity index (χ0) is 22.6. The van der Waals surface area contributed by atoms with E-state index in [-0.39, 0.29) is 5.91 Å². The van der Waals surface area contributed by atoms with Crippen LogP contribution in [0.15, 0.2) is 79.4 Å². The maximum absolute atomic E-state index is 12.7. The average molecular weight is 457 g/mol. The Balaban J connectivity index is 1.23. The van der Waals surface area contributed by atoms with Crippen LogP contribution in [0.4, 0.5) is 0 Å². The van der Waals surface area contributed by atoms with Gasteiger partial charge < -0.3 is 5.32 Å². The summed E-state index contributed by atoms with van der Waals surface area (Å²) in [4.78, 5) is 17.0. The van der Waals surface area contributed by atoms with Crippen molar-refractivity contribution in [1.29, 1.82) is 0 Å². The van der Waals surface area contributed by atoms with E-state index >= 15 is 0 Å². The molecule has 3 aromatic heterocycles. The van der Waals surface area contributed by atoms with Crippen LogP contribution in [0.1, 0.15) is 32.7 Å². The molecule has 0 unspecified atom stereocenters. The molecule has 3 heterocycles. The van der Waals surface area contributed by atoms with Crippen LogP contribution in [0.2, 0.25) is 5.02 Å². The van der Waals surface area contributed by atoms with Crippen molar-refractivity contribution in [3.63, 3.8) is 0 Å². The van der Waals surface area contributed by atoms with E-state index in [0.717, 1.165) is 34.3 Å². The summed E-state index contributed by atoms with van der Waals surface area (Å²) in [6, 6.07) is 17.7. The Bertz CT molecular complexity index is 1390. The molecule has 0 aliphatic heterocycles. The summed E-state index contributed by atoms with van der Waals surface area (Å²) in [5, 5.41) is 15.9. The fraction of sp³-hybridized carbons (Fsp3) is 0.120. The number of carbonyl (C=O) groups is 1. The molecule has 0 saturated heterocycles. The molecular weight excluding hydrogens is 436 g/mol. The molecule has 0 radical (unpaired) electrons. The van der Waals surface area contributed by atoms with Gasteiger partial charge in [-0.15, -0.1) is 0 Å². The number of fused-ring (bicyclic) bond motifs is 1. The van der Waals surface area contributed by atoms with Crippen molar-refractivity contribution in [2.24, 2.45) is 0 Å².